The highest BCUT2D eigenvalue weighted by Crippen LogP contribution is 2.37. The van der Waals surface area contributed by atoms with Gasteiger partial charge in [0.05, 0.1) is 0 Å². The van der Waals surface area contributed by atoms with Crippen molar-refractivity contribution in [3.8, 4) is 5.75 Å². The second-order valence-electron chi connectivity index (χ2n) is 3.20. The van der Waals surface area contributed by atoms with E-state index >= 15 is 0 Å². The monoisotopic (exact) mass is 230 g/mol. The van der Waals surface area contributed by atoms with E-state index in [4.69, 9.17) is 27.9 Å². The molecule has 0 saturated carbocycles. The van der Waals surface area contributed by atoms with Gasteiger partial charge in [-0.3, -0.25) is 0 Å². The van der Waals surface area contributed by atoms with Crippen LogP contribution in [0.1, 0.15) is 11.1 Å². The number of ether oxygens (including phenoxy) is 1. The summed E-state index contributed by atoms with van der Waals surface area (Å²) in [4.78, 5) is 0. The predicted octanol–water partition coefficient (Wildman–Crippen LogP) is 3.65. The Hall–Kier alpha value is -0.800. The van der Waals surface area contributed by atoms with Crippen LogP contribution in [0.3, 0.4) is 0 Å². The van der Waals surface area contributed by atoms with Gasteiger partial charge in [-0.1, -0.05) is 21.8 Å². The van der Waals surface area contributed by atoms with Crippen molar-refractivity contribution >= 4 is 23.2 Å². The summed E-state index contributed by atoms with van der Waals surface area (Å²) in [5.74, 6) is 0.629. The van der Waals surface area contributed by atoms with Gasteiger partial charge in [0.25, 0.3) is 0 Å². The molecule has 1 aliphatic heterocycles. The number of hydrogen-bond donors (Lipinski definition) is 0. The molecule has 0 atom stereocenters. The van der Waals surface area contributed by atoms with Crippen molar-refractivity contribution in [3.63, 3.8) is 0 Å². The highest BCUT2D eigenvalue weighted by Gasteiger charge is 2.41. The first kappa shape index (κ1) is 9.74. The highest BCUT2D eigenvalue weighted by molar-refractivity contribution is 6.32. The molecular formula is C9H8Cl2N2O. The number of hydrogen-bond acceptors (Lipinski definition) is 3. The minimum Gasteiger partial charge on any atom is -0.432 e. The van der Waals surface area contributed by atoms with Crippen LogP contribution in [0.2, 0.25) is 5.02 Å². The largest absolute Gasteiger partial charge is 0.432 e. The quantitative estimate of drug-likeness (QED) is 0.564. The van der Waals surface area contributed by atoms with E-state index in [-0.39, 0.29) is 0 Å². The SMILES string of the molecule is Cc1cc(OC2(Cl)N=N2)cc(C)c1Cl. The van der Waals surface area contributed by atoms with Crippen molar-refractivity contribution in [3.05, 3.63) is 28.3 Å². The third-order valence-corrected chi connectivity index (χ3v) is 2.74. The van der Waals surface area contributed by atoms with E-state index in [9.17, 15) is 0 Å². The van der Waals surface area contributed by atoms with Crippen LogP contribution < -0.4 is 4.74 Å². The molecule has 2 rings (SSSR count). The van der Waals surface area contributed by atoms with Crippen molar-refractivity contribution in [1.29, 1.82) is 0 Å². The molecular weight excluding hydrogens is 223 g/mol. The Kier molecular flexibility index (Phi) is 2.16. The average Bonchev–Trinajstić information content (AvgIpc) is 2.79. The van der Waals surface area contributed by atoms with Crippen molar-refractivity contribution < 1.29 is 4.74 Å². The fourth-order valence-corrected chi connectivity index (χ4v) is 1.43. The zero-order valence-electron chi connectivity index (χ0n) is 7.71. The molecule has 0 unspecified atom stereocenters. The number of benzene rings is 1. The minimum atomic E-state index is -1.19. The molecule has 5 heteroatoms. The molecule has 0 spiro atoms. The Morgan fingerprint density at radius 3 is 2.14 bits per heavy atom. The maximum absolute atomic E-state index is 6.00. The fraction of sp³-hybridized carbons (Fsp3) is 0.333. The van der Waals surface area contributed by atoms with E-state index in [1.807, 2.05) is 26.0 Å². The molecule has 0 radical (unpaired) electrons. The molecule has 1 aromatic rings. The topological polar surface area (TPSA) is 34.0 Å². The summed E-state index contributed by atoms with van der Waals surface area (Å²) in [6.45, 7) is 3.81. The standard InChI is InChI=1S/C9H8Cl2N2O/c1-5-3-7(4-6(2)8(5)10)14-9(11)12-13-9/h3-4H,1-2H3. The van der Waals surface area contributed by atoms with Gasteiger partial charge in [-0.05, 0) is 48.7 Å². The lowest BCUT2D eigenvalue weighted by molar-refractivity contribution is 0.245. The van der Waals surface area contributed by atoms with Crippen LogP contribution in [0.25, 0.3) is 0 Å². The van der Waals surface area contributed by atoms with Crippen LogP contribution in [0.5, 0.6) is 5.75 Å². The molecule has 0 amide bonds. The van der Waals surface area contributed by atoms with Crippen LogP contribution in [0.4, 0.5) is 0 Å². The second-order valence-corrected chi connectivity index (χ2v) is 4.07. The third-order valence-electron chi connectivity index (χ3n) is 1.91. The number of nitrogens with zero attached hydrogens (tertiary/aromatic N) is 2. The zero-order chi connectivity index (χ0) is 10.3. The average molecular weight is 231 g/mol. The summed E-state index contributed by atoms with van der Waals surface area (Å²) in [5, 5.41) is 6.65. The molecule has 0 fully saturated rings. The van der Waals surface area contributed by atoms with Crippen LogP contribution in [0, 0.1) is 13.8 Å². The van der Waals surface area contributed by atoms with Crippen molar-refractivity contribution in [2.75, 3.05) is 0 Å². The van der Waals surface area contributed by atoms with E-state index in [0.29, 0.717) is 5.75 Å². The number of halogens is 2. The van der Waals surface area contributed by atoms with E-state index in [1.54, 1.807) is 0 Å². The zero-order valence-corrected chi connectivity index (χ0v) is 9.23. The molecule has 1 aromatic carbocycles. The minimum absolute atomic E-state index is 0.629. The van der Waals surface area contributed by atoms with Crippen LogP contribution >= 0.6 is 23.2 Å². The van der Waals surface area contributed by atoms with Crippen LogP contribution in [-0.2, 0) is 0 Å². The fourth-order valence-electron chi connectivity index (χ4n) is 1.20. The van der Waals surface area contributed by atoms with Gasteiger partial charge in [0.2, 0.25) is 0 Å². The number of rotatable bonds is 2. The second kappa shape index (κ2) is 3.11. The molecule has 0 N–H and O–H groups in total. The predicted molar refractivity (Wildman–Crippen MR) is 55.0 cm³/mol. The Balaban J connectivity index is 2.27. The first-order valence-corrected chi connectivity index (χ1v) is 4.84. The Labute approximate surface area is 91.7 Å². The van der Waals surface area contributed by atoms with E-state index in [0.717, 1.165) is 16.1 Å². The molecule has 1 heterocycles. The smallest absolute Gasteiger partial charge is 0.418 e. The van der Waals surface area contributed by atoms with Gasteiger partial charge in [0.15, 0.2) is 0 Å². The van der Waals surface area contributed by atoms with Gasteiger partial charge in [0.1, 0.15) is 5.75 Å². The summed E-state index contributed by atoms with van der Waals surface area (Å²) in [6.07, 6.45) is 0. The molecule has 0 aromatic heterocycles. The molecule has 14 heavy (non-hydrogen) atoms. The molecule has 0 saturated heterocycles. The van der Waals surface area contributed by atoms with Gasteiger partial charge in [0, 0.05) is 5.02 Å². The summed E-state index contributed by atoms with van der Waals surface area (Å²) >= 11 is 11.7. The summed E-state index contributed by atoms with van der Waals surface area (Å²) in [5.41, 5.74) is 1.89. The van der Waals surface area contributed by atoms with Gasteiger partial charge in [-0.15, -0.1) is 0 Å². The van der Waals surface area contributed by atoms with E-state index in [2.05, 4.69) is 10.2 Å². The van der Waals surface area contributed by atoms with Crippen molar-refractivity contribution in [1.82, 2.24) is 0 Å². The van der Waals surface area contributed by atoms with E-state index in [1.165, 1.54) is 0 Å². The molecule has 0 bridgehead atoms. The molecule has 1 aliphatic rings. The third kappa shape index (κ3) is 1.83. The molecule has 3 nitrogen and oxygen atoms in total. The number of aryl methyl sites for hydroxylation is 2. The van der Waals surface area contributed by atoms with Crippen LogP contribution in [0.15, 0.2) is 22.4 Å². The summed E-state index contributed by atoms with van der Waals surface area (Å²) in [6, 6.07) is 3.62. The van der Waals surface area contributed by atoms with Gasteiger partial charge < -0.3 is 4.74 Å². The van der Waals surface area contributed by atoms with Gasteiger partial charge >= 0.3 is 5.31 Å². The number of alkyl halides is 1. The first-order chi connectivity index (χ1) is 6.50. The first-order valence-electron chi connectivity index (χ1n) is 4.09. The van der Waals surface area contributed by atoms with Gasteiger partial charge in [-0.25, -0.2) is 0 Å². The van der Waals surface area contributed by atoms with E-state index < -0.39 is 5.31 Å². The molecule has 74 valence electrons. The summed E-state index contributed by atoms with van der Waals surface area (Å²) in [7, 11) is 0. The van der Waals surface area contributed by atoms with Crippen LogP contribution in [-0.4, -0.2) is 5.31 Å². The lowest BCUT2D eigenvalue weighted by atomic mass is 10.1. The molecule has 0 aliphatic carbocycles. The lowest BCUT2D eigenvalue weighted by Gasteiger charge is -2.09. The summed E-state index contributed by atoms with van der Waals surface area (Å²) < 4.78 is 5.30. The Morgan fingerprint density at radius 1 is 1.21 bits per heavy atom. The lowest BCUT2D eigenvalue weighted by Crippen LogP contribution is -2.10. The van der Waals surface area contributed by atoms with Crippen molar-refractivity contribution in [2.45, 2.75) is 19.2 Å². The maximum Gasteiger partial charge on any atom is 0.418 e. The normalized spacial score (nSPS) is 16.9. The Morgan fingerprint density at radius 2 is 1.71 bits per heavy atom. The highest BCUT2D eigenvalue weighted by atomic mass is 35.5. The Bertz CT molecular complexity index is 388. The van der Waals surface area contributed by atoms with Crippen molar-refractivity contribution in [2.24, 2.45) is 10.2 Å². The maximum atomic E-state index is 6.00. The van der Waals surface area contributed by atoms with Gasteiger partial charge in [-0.2, -0.15) is 0 Å².